The first-order chi connectivity index (χ1) is 7.99. The number of hydrogen-bond acceptors (Lipinski definition) is 2. The SMILES string of the molecule is Cc1cccc(CN2CCC(C)(C(=O)O)C2)c1. The molecular weight excluding hydrogens is 214 g/mol. The molecule has 3 nitrogen and oxygen atoms in total. The van der Waals surface area contributed by atoms with Gasteiger partial charge in [-0.1, -0.05) is 29.8 Å². The maximum atomic E-state index is 11.1. The summed E-state index contributed by atoms with van der Waals surface area (Å²) in [6.45, 7) is 6.29. The predicted octanol–water partition coefficient (Wildman–Crippen LogP) is 2.29. The number of aryl methyl sites for hydroxylation is 1. The van der Waals surface area contributed by atoms with Gasteiger partial charge in [0.1, 0.15) is 0 Å². The first-order valence-corrected chi connectivity index (χ1v) is 6.01. The molecule has 0 spiro atoms. The standard InChI is InChI=1S/C14H19NO2/c1-11-4-3-5-12(8-11)9-15-7-6-14(2,10-15)13(16)17/h3-5,8H,6-7,9-10H2,1-2H3,(H,16,17). The second-order valence-corrected chi connectivity index (χ2v) is 5.32. The predicted molar refractivity (Wildman–Crippen MR) is 66.8 cm³/mol. The summed E-state index contributed by atoms with van der Waals surface area (Å²) in [7, 11) is 0. The van der Waals surface area contributed by atoms with Crippen LogP contribution < -0.4 is 0 Å². The summed E-state index contributed by atoms with van der Waals surface area (Å²) >= 11 is 0. The van der Waals surface area contributed by atoms with E-state index in [1.807, 2.05) is 6.92 Å². The Labute approximate surface area is 102 Å². The van der Waals surface area contributed by atoms with E-state index in [0.717, 1.165) is 19.5 Å². The molecule has 1 unspecified atom stereocenters. The van der Waals surface area contributed by atoms with Gasteiger partial charge in [0.05, 0.1) is 5.41 Å². The van der Waals surface area contributed by atoms with Crippen molar-refractivity contribution in [2.75, 3.05) is 13.1 Å². The number of carboxylic acid groups (broad SMARTS) is 1. The van der Waals surface area contributed by atoms with Gasteiger partial charge in [0.25, 0.3) is 0 Å². The zero-order valence-corrected chi connectivity index (χ0v) is 10.4. The highest BCUT2D eigenvalue weighted by Crippen LogP contribution is 2.30. The lowest BCUT2D eigenvalue weighted by atomic mass is 9.90. The van der Waals surface area contributed by atoms with Crippen molar-refractivity contribution in [2.24, 2.45) is 5.41 Å². The number of aliphatic carboxylic acids is 1. The molecule has 0 aromatic heterocycles. The van der Waals surface area contributed by atoms with Gasteiger partial charge in [0.15, 0.2) is 0 Å². The average Bonchev–Trinajstić information content (AvgIpc) is 2.61. The van der Waals surface area contributed by atoms with Crippen LogP contribution in [0.1, 0.15) is 24.5 Å². The first kappa shape index (κ1) is 12.1. The third-order valence-electron chi connectivity index (χ3n) is 3.56. The van der Waals surface area contributed by atoms with E-state index in [2.05, 4.69) is 36.1 Å². The third-order valence-corrected chi connectivity index (χ3v) is 3.56. The van der Waals surface area contributed by atoms with E-state index in [4.69, 9.17) is 0 Å². The van der Waals surface area contributed by atoms with Crippen LogP contribution in [0, 0.1) is 12.3 Å². The lowest BCUT2D eigenvalue weighted by Gasteiger charge is -2.20. The fourth-order valence-electron chi connectivity index (χ4n) is 2.43. The van der Waals surface area contributed by atoms with Crippen LogP contribution in [0.25, 0.3) is 0 Å². The number of nitrogens with zero attached hydrogens (tertiary/aromatic N) is 1. The summed E-state index contributed by atoms with van der Waals surface area (Å²) in [5, 5.41) is 9.17. The molecule has 1 atom stereocenters. The van der Waals surface area contributed by atoms with E-state index < -0.39 is 11.4 Å². The molecule has 1 fully saturated rings. The molecule has 1 aliphatic rings. The van der Waals surface area contributed by atoms with E-state index in [-0.39, 0.29) is 0 Å². The molecule has 2 rings (SSSR count). The first-order valence-electron chi connectivity index (χ1n) is 6.01. The maximum Gasteiger partial charge on any atom is 0.310 e. The Morgan fingerprint density at radius 3 is 2.88 bits per heavy atom. The number of rotatable bonds is 3. The highest BCUT2D eigenvalue weighted by atomic mass is 16.4. The molecule has 17 heavy (non-hydrogen) atoms. The lowest BCUT2D eigenvalue weighted by Crippen LogP contribution is -2.31. The number of likely N-dealkylation sites (tertiary alicyclic amines) is 1. The Hall–Kier alpha value is -1.35. The largest absolute Gasteiger partial charge is 0.481 e. The van der Waals surface area contributed by atoms with Crippen LogP contribution in [0.3, 0.4) is 0 Å². The molecule has 1 heterocycles. The Balaban J connectivity index is 2.01. The van der Waals surface area contributed by atoms with Gasteiger partial charge in [0.2, 0.25) is 0 Å². The summed E-state index contributed by atoms with van der Waals surface area (Å²) in [6, 6.07) is 8.39. The molecule has 3 heteroatoms. The van der Waals surface area contributed by atoms with Crippen molar-refractivity contribution in [1.29, 1.82) is 0 Å². The van der Waals surface area contributed by atoms with Crippen LogP contribution in [-0.2, 0) is 11.3 Å². The van der Waals surface area contributed by atoms with E-state index in [1.165, 1.54) is 11.1 Å². The van der Waals surface area contributed by atoms with E-state index in [9.17, 15) is 9.90 Å². The zero-order valence-electron chi connectivity index (χ0n) is 10.4. The molecule has 0 saturated carbocycles. The molecule has 0 bridgehead atoms. The molecule has 1 aliphatic heterocycles. The summed E-state index contributed by atoms with van der Waals surface area (Å²) < 4.78 is 0. The minimum Gasteiger partial charge on any atom is -0.481 e. The van der Waals surface area contributed by atoms with Crippen molar-refractivity contribution < 1.29 is 9.90 Å². The van der Waals surface area contributed by atoms with E-state index >= 15 is 0 Å². The molecule has 1 aromatic carbocycles. The molecule has 0 radical (unpaired) electrons. The second-order valence-electron chi connectivity index (χ2n) is 5.32. The number of carboxylic acids is 1. The van der Waals surface area contributed by atoms with Crippen LogP contribution in [0.15, 0.2) is 24.3 Å². The summed E-state index contributed by atoms with van der Waals surface area (Å²) in [5.74, 6) is -0.677. The number of hydrogen-bond donors (Lipinski definition) is 1. The minimum absolute atomic E-state index is 0.566. The summed E-state index contributed by atoms with van der Waals surface area (Å²) in [5.41, 5.74) is 1.95. The highest BCUT2D eigenvalue weighted by molar-refractivity contribution is 5.74. The highest BCUT2D eigenvalue weighted by Gasteiger charge is 2.40. The van der Waals surface area contributed by atoms with Crippen LogP contribution >= 0.6 is 0 Å². The van der Waals surface area contributed by atoms with Crippen LogP contribution in [0.2, 0.25) is 0 Å². The second kappa shape index (κ2) is 4.49. The summed E-state index contributed by atoms with van der Waals surface area (Å²) in [4.78, 5) is 13.4. The number of benzene rings is 1. The van der Waals surface area contributed by atoms with Crippen molar-refractivity contribution in [3.63, 3.8) is 0 Å². The molecular formula is C14H19NO2. The van der Waals surface area contributed by atoms with Gasteiger partial charge in [0, 0.05) is 13.1 Å². The molecule has 0 amide bonds. The van der Waals surface area contributed by atoms with Gasteiger partial charge in [-0.15, -0.1) is 0 Å². The monoisotopic (exact) mass is 233 g/mol. The molecule has 1 N–H and O–H groups in total. The smallest absolute Gasteiger partial charge is 0.310 e. The van der Waals surface area contributed by atoms with Crippen LogP contribution in [0.5, 0.6) is 0 Å². The van der Waals surface area contributed by atoms with Gasteiger partial charge >= 0.3 is 5.97 Å². The number of carbonyl (C=O) groups is 1. The Morgan fingerprint density at radius 2 is 2.29 bits per heavy atom. The normalized spacial score (nSPS) is 25.1. The molecule has 1 saturated heterocycles. The Bertz CT molecular complexity index is 430. The van der Waals surface area contributed by atoms with Crippen molar-refractivity contribution in [3.8, 4) is 0 Å². The van der Waals surface area contributed by atoms with Crippen molar-refractivity contribution >= 4 is 5.97 Å². The van der Waals surface area contributed by atoms with Gasteiger partial charge in [-0.2, -0.15) is 0 Å². The zero-order chi connectivity index (χ0) is 12.5. The van der Waals surface area contributed by atoms with Gasteiger partial charge < -0.3 is 5.11 Å². The minimum atomic E-state index is -0.677. The lowest BCUT2D eigenvalue weighted by molar-refractivity contribution is -0.147. The van der Waals surface area contributed by atoms with Crippen molar-refractivity contribution in [1.82, 2.24) is 4.90 Å². The van der Waals surface area contributed by atoms with Crippen LogP contribution in [-0.4, -0.2) is 29.1 Å². The van der Waals surface area contributed by atoms with E-state index in [1.54, 1.807) is 0 Å². The molecule has 1 aromatic rings. The van der Waals surface area contributed by atoms with Gasteiger partial charge in [-0.3, -0.25) is 9.69 Å². The van der Waals surface area contributed by atoms with Crippen molar-refractivity contribution in [2.45, 2.75) is 26.8 Å². The van der Waals surface area contributed by atoms with Gasteiger partial charge in [-0.05, 0) is 32.4 Å². The van der Waals surface area contributed by atoms with Crippen LogP contribution in [0.4, 0.5) is 0 Å². The third kappa shape index (κ3) is 2.67. The maximum absolute atomic E-state index is 11.1. The van der Waals surface area contributed by atoms with Crippen molar-refractivity contribution in [3.05, 3.63) is 35.4 Å². The summed E-state index contributed by atoms with van der Waals surface area (Å²) in [6.07, 6.45) is 0.744. The fraction of sp³-hybridized carbons (Fsp3) is 0.500. The molecule has 0 aliphatic carbocycles. The topological polar surface area (TPSA) is 40.5 Å². The quantitative estimate of drug-likeness (QED) is 0.870. The Morgan fingerprint density at radius 1 is 1.53 bits per heavy atom. The van der Waals surface area contributed by atoms with E-state index in [0.29, 0.717) is 6.54 Å². The fourth-order valence-corrected chi connectivity index (χ4v) is 2.43. The van der Waals surface area contributed by atoms with Gasteiger partial charge in [-0.25, -0.2) is 0 Å². The average molecular weight is 233 g/mol. The molecule has 92 valence electrons. The Kier molecular flexibility index (Phi) is 3.20.